The summed E-state index contributed by atoms with van der Waals surface area (Å²) in [5.41, 5.74) is -1.20. The Morgan fingerprint density at radius 3 is 2.41 bits per heavy atom. The topological polar surface area (TPSA) is 60.2 Å². The number of hydrogen-bond acceptors (Lipinski definition) is 3. The highest BCUT2D eigenvalue weighted by molar-refractivity contribution is 5.99. The summed E-state index contributed by atoms with van der Waals surface area (Å²) in [6, 6.07) is 2.32. The second kappa shape index (κ2) is 4.99. The van der Waals surface area contributed by atoms with E-state index < -0.39 is 33.9 Å². The summed E-state index contributed by atoms with van der Waals surface area (Å²) in [7, 11) is 0. The van der Waals surface area contributed by atoms with Gasteiger partial charge in [-0.05, 0) is 25.0 Å². The third-order valence-corrected chi connectivity index (χ3v) is 2.40. The molecule has 1 aromatic carbocycles. The zero-order valence-corrected chi connectivity index (χ0v) is 9.37. The van der Waals surface area contributed by atoms with E-state index in [0.29, 0.717) is 12.0 Å². The van der Waals surface area contributed by atoms with Crippen molar-refractivity contribution in [3.63, 3.8) is 0 Å². The van der Waals surface area contributed by atoms with E-state index in [1.807, 2.05) is 0 Å². The fraction of sp³-hybridized carbons (Fsp3) is 0.364. The van der Waals surface area contributed by atoms with Gasteiger partial charge in [-0.15, -0.1) is 0 Å². The number of hydrogen-bond donors (Lipinski definition) is 0. The lowest BCUT2D eigenvalue weighted by atomic mass is 9.98. The molecule has 0 saturated carbocycles. The molecule has 1 aromatic rings. The number of nitrogens with zero attached hydrogens (tertiary/aromatic N) is 1. The van der Waals surface area contributed by atoms with E-state index in [-0.39, 0.29) is 0 Å². The maximum absolute atomic E-state index is 12.8. The maximum Gasteiger partial charge on any atom is 0.280 e. The third kappa shape index (κ3) is 2.64. The summed E-state index contributed by atoms with van der Waals surface area (Å²) in [6.45, 7) is 2.74. The van der Waals surface area contributed by atoms with Crippen LogP contribution in [0.5, 0.6) is 0 Å². The molecular weight excluding hydrogens is 232 g/mol. The average Bonchev–Trinajstić information content (AvgIpc) is 2.26. The minimum atomic E-state index is -2.90. The summed E-state index contributed by atoms with van der Waals surface area (Å²) in [5, 5.41) is 10.8. The lowest BCUT2D eigenvalue weighted by molar-refractivity contribution is -0.385. The van der Waals surface area contributed by atoms with E-state index in [0.717, 1.165) is 13.0 Å². The van der Waals surface area contributed by atoms with Crippen molar-refractivity contribution in [3.05, 3.63) is 38.9 Å². The fourth-order valence-corrected chi connectivity index (χ4v) is 1.61. The van der Waals surface area contributed by atoms with Crippen molar-refractivity contribution < 1.29 is 18.5 Å². The number of Topliss-reactive ketones (excluding diaryl/α,β-unsaturated/α-hetero) is 1. The lowest BCUT2D eigenvalue weighted by Crippen LogP contribution is -2.07. The van der Waals surface area contributed by atoms with Crippen molar-refractivity contribution in [1.82, 2.24) is 0 Å². The van der Waals surface area contributed by atoms with Crippen molar-refractivity contribution in [2.24, 2.45) is 0 Å². The van der Waals surface area contributed by atoms with Gasteiger partial charge in [0.25, 0.3) is 12.1 Å². The lowest BCUT2D eigenvalue weighted by Gasteiger charge is -2.09. The van der Waals surface area contributed by atoms with Crippen LogP contribution in [0.2, 0.25) is 0 Å². The Balaban J connectivity index is 3.61. The van der Waals surface area contributed by atoms with Crippen molar-refractivity contribution in [3.8, 4) is 0 Å². The zero-order valence-electron chi connectivity index (χ0n) is 9.37. The normalized spacial score (nSPS) is 10.6. The molecule has 0 radical (unpaired) electrons. The molecule has 0 fully saturated rings. The SMILES string of the molecule is CCc1cc(C(F)F)c(C(C)=O)c([N+](=O)[O-])c1. The van der Waals surface area contributed by atoms with E-state index in [1.165, 1.54) is 6.07 Å². The standard InChI is InChI=1S/C11H11F2NO3/c1-3-7-4-8(11(12)13)10(6(2)15)9(5-7)14(16)17/h4-5,11H,3H2,1-2H3. The van der Waals surface area contributed by atoms with Gasteiger partial charge < -0.3 is 0 Å². The average molecular weight is 243 g/mol. The van der Waals surface area contributed by atoms with Crippen LogP contribution in [0.3, 0.4) is 0 Å². The van der Waals surface area contributed by atoms with E-state index in [4.69, 9.17) is 0 Å². The molecule has 0 aliphatic heterocycles. The van der Waals surface area contributed by atoms with E-state index >= 15 is 0 Å². The van der Waals surface area contributed by atoms with Gasteiger partial charge in [-0.25, -0.2) is 8.78 Å². The van der Waals surface area contributed by atoms with Gasteiger partial charge in [-0.2, -0.15) is 0 Å². The number of ketones is 1. The molecule has 0 heterocycles. The number of nitro groups is 1. The predicted molar refractivity (Wildman–Crippen MR) is 57.4 cm³/mol. The summed E-state index contributed by atoms with van der Waals surface area (Å²) in [6.07, 6.45) is -2.52. The molecule has 0 atom stereocenters. The first-order valence-electron chi connectivity index (χ1n) is 4.98. The first-order chi connectivity index (χ1) is 7.88. The molecule has 0 aromatic heterocycles. The van der Waals surface area contributed by atoms with Crippen molar-refractivity contribution in [2.45, 2.75) is 26.7 Å². The number of nitro benzene ring substituents is 1. The van der Waals surface area contributed by atoms with Gasteiger partial charge in [0.2, 0.25) is 0 Å². The van der Waals surface area contributed by atoms with Crippen LogP contribution in [0.25, 0.3) is 0 Å². The molecule has 1 rings (SSSR count). The van der Waals surface area contributed by atoms with Crippen LogP contribution < -0.4 is 0 Å². The van der Waals surface area contributed by atoms with Gasteiger partial charge in [0.05, 0.1) is 4.92 Å². The Morgan fingerprint density at radius 1 is 1.47 bits per heavy atom. The van der Waals surface area contributed by atoms with Crippen LogP contribution in [0.4, 0.5) is 14.5 Å². The highest BCUT2D eigenvalue weighted by Crippen LogP contribution is 2.32. The smallest absolute Gasteiger partial charge is 0.280 e. The first-order valence-corrected chi connectivity index (χ1v) is 4.98. The van der Waals surface area contributed by atoms with Gasteiger partial charge in [0, 0.05) is 11.6 Å². The molecule has 92 valence electrons. The second-order valence-electron chi connectivity index (χ2n) is 3.55. The van der Waals surface area contributed by atoms with Crippen LogP contribution in [-0.4, -0.2) is 10.7 Å². The minimum Gasteiger partial charge on any atom is -0.294 e. The van der Waals surface area contributed by atoms with Gasteiger partial charge >= 0.3 is 0 Å². The van der Waals surface area contributed by atoms with Gasteiger partial charge in [-0.1, -0.05) is 6.92 Å². The Labute approximate surface area is 96.4 Å². The van der Waals surface area contributed by atoms with Crippen molar-refractivity contribution >= 4 is 11.5 Å². The minimum absolute atomic E-state index is 0.388. The predicted octanol–water partition coefficient (Wildman–Crippen LogP) is 3.30. The second-order valence-corrected chi connectivity index (χ2v) is 3.55. The maximum atomic E-state index is 12.8. The zero-order chi connectivity index (χ0) is 13.2. The van der Waals surface area contributed by atoms with Crippen LogP contribution in [0.15, 0.2) is 12.1 Å². The van der Waals surface area contributed by atoms with Crippen LogP contribution in [0.1, 0.15) is 41.8 Å². The van der Waals surface area contributed by atoms with Gasteiger partial charge in [0.1, 0.15) is 5.56 Å². The first kappa shape index (κ1) is 13.2. The summed E-state index contributed by atoms with van der Waals surface area (Å²) < 4.78 is 25.5. The van der Waals surface area contributed by atoms with Crippen LogP contribution in [0, 0.1) is 10.1 Å². The molecule has 0 bridgehead atoms. The molecule has 6 heteroatoms. The van der Waals surface area contributed by atoms with Crippen LogP contribution >= 0.6 is 0 Å². The largest absolute Gasteiger partial charge is 0.294 e. The highest BCUT2D eigenvalue weighted by Gasteiger charge is 2.26. The van der Waals surface area contributed by atoms with Crippen molar-refractivity contribution in [1.29, 1.82) is 0 Å². The number of carbonyl (C=O) groups is 1. The molecule has 17 heavy (non-hydrogen) atoms. The summed E-state index contributed by atoms with van der Waals surface area (Å²) in [5.74, 6) is -0.727. The monoisotopic (exact) mass is 243 g/mol. The Morgan fingerprint density at radius 2 is 2.06 bits per heavy atom. The highest BCUT2D eigenvalue weighted by atomic mass is 19.3. The van der Waals surface area contributed by atoms with Crippen LogP contribution in [-0.2, 0) is 6.42 Å². The Bertz CT molecular complexity index is 472. The van der Waals surface area contributed by atoms with E-state index in [1.54, 1.807) is 6.92 Å². The Kier molecular flexibility index (Phi) is 3.88. The van der Waals surface area contributed by atoms with Crippen molar-refractivity contribution in [2.75, 3.05) is 0 Å². The number of benzene rings is 1. The summed E-state index contributed by atoms with van der Waals surface area (Å²) >= 11 is 0. The Hall–Kier alpha value is -1.85. The third-order valence-electron chi connectivity index (χ3n) is 2.40. The van der Waals surface area contributed by atoms with Gasteiger partial charge in [-0.3, -0.25) is 14.9 Å². The molecular formula is C11H11F2NO3. The molecule has 0 amide bonds. The summed E-state index contributed by atoms with van der Waals surface area (Å²) in [4.78, 5) is 21.2. The molecule has 4 nitrogen and oxygen atoms in total. The van der Waals surface area contributed by atoms with E-state index in [2.05, 4.69) is 0 Å². The number of rotatable bonds is 4. The van der Waals surface area contributed by atoms with Gasteiger partial charge in [0.15, 0.2) is 5.78 Å². The quantitative estimate of drug-likeness (QED) is 0.463. The molecule has 0 aliphatic carbocycles. The number of alkyl halides is 2. The fourth-order valence-electron chi connectivity index (χ4n) is 1.61. The number of carbonyl (C=O) groups excluding carboxylic acids is 1. The number of aryl methyl sites for hydroxylation is 1. The molecule has 0 spiro atoms. The molecule has 0 N–H and O–H groups in total. The number of halogens is 2. The van der Waals surface area contributed by atoms with E-state index in [9.17, 15) is 23.7 Å². The molecule has 0 unspecified atom stereocenters. The molecule has 0 saturated heterocycles. The molecule has 0 aliphatic rings.